The minimum absolute atomic E-state index is 0.167. The largest absolute Gasteiger partial charge is 0.497 e. The van der Waals surface area contributed by atoms with Gasteiger partial charge in [0.15, 0.2) is 0 Å². The first-order valence-electron chi connectivity index (χ1n) is 5.23. The zero-order chi connectivity index (χ0) is 12.4. The summed E-state index contributed by atoms with van der Waals surface area (Å²) in [6.07, 6.45) is 0.645. The van der Waals surface area contributed by atoms with Gasteiger partial charge in [-0.3, -0.25) is 0 Å². The third-order valence-corrected chi connectivity index (χ3v) is 2.51. The number of benzene rings is 1. The fraction of sp³-hybridized carbons (Fsp3) is 0.250. The summed E-state index contributed by atoms with van der Waals surface area (Å²) in [7, 11) is 1.58. The number of hydrogen-bond donors (Lipinski definition) is 1. The molecule has 0 saturated carbocycles. The number of fused-ring (bicyclic) bond motifs is 1. The van der Waals surface area contributed by atoms with Crippen molar-refractivity contribution < 1.29 is 14.6 Å². The monoisotopic (exact) mass is 232 g/mol. The predicted octanol–water partition coefficient (Wildman–Crippen LogP) is 1.90. The lowest BCUT2D eigenvalue weighted by molar-refractivity contribution is 0.0683. The highest BCUT2D eigenvalue weighted by Gasteiger charge is 2.12. The Morgan fingerprint density at radius 1 is 1.41 bits per heavy atom. The first kappa shape index (κ1) is 11.3. The Labute approximate surface area is 98.1 Å². The highest BCUT2D eigenvalue weighted by Crippen LogP contribution is 2.22. The van der Waals surface area contributed by atoms with E-state index in [1.54, 1.807) is 19.2 Å². The summed E-state index contributed by atoms with van der Waals surface area (Å²) in [4.78, 5) is 18.9. The quantitative estimate of drug-likeness (QED) is 0.874. The van der Waals surface area contributed by atoms with Crippen molar-refractivity contribution in [1.29, 1.82) is 0 Å². The number of carboxylic acid groups (broad SMARTS) is 1. The molecule has 2 rings (SSSR count). The van der Waals surface area contributed by atoms with Gasteiger partial charge in [-0.1, -0.05) is 6.92 Å². The molecule has 5 heteroatoms. The van der Waals surface area contributed by atoms with Crippen molar-refractivity contribution in [2.75, 3.05) is 7.11 Å². The summed E-state index contributed by atoms with van der Waals surface area (Å²) in [5, 5.41) is 9.75. The van der Waals surface area contributed by atoms with Crippen LogP contribution in [0.1, 0.15) is 23.2 Å². The van der Waals surface area contributed by atoms with E-state index in [1.165, 1.54) is 0 Å². The van der Waals surface area contributed by atoms with E-state index in [1.807, 2.05) is 13.0 Å². The molecule has 0 spiro atoms. The SMILES string of the molecule is CCc1nc(C(=O)O)nc2ccc(OC)cc12. The number of aryl methyl sites for hydroxylation is 1. The molecule has 5 nitrogen and oxygen atoms in total. The highest BCUT2D eigenvalue weighted by atomic mass is 16.5. The maximum Gasteiger partial charge on any atom is 0.373 e. The summed E-state index contributed by atoms with van der Waals surface area (Å²) in [5.74, 6) is -0.573. The van der Waals surface area contributed by atoms with Crippen LogP contribution in [0.25, 0.3) is 10.9 Å². The molecule has 0 fully saturated rings. The van der Waals surface area contributed by atoms with Gasteiger partial charge in [0.25, 0.3) is 0 Å². The molecule has 0 saturated heterocycles. The summed E-state index contributed by atoms with van der Waals surface area (Å²) >= 11 is 0. The lowest BCUT2D eigenvalue weighted by atomic mass is 10.1. The van der Waals surface area contributed by atoms with Gasteiger partial charge in [0.2, 0.25) is 5.82 Å². The van der Waals surface area contributed by atoms with Crippen LogP contribution in [0.5, 0.6) is 5.75 Å². The van der Waals surface area contributed by atoms with Crippen LogP contribution in [0.15, 0.2) is 18.2 Å². The van der Waals surface area contributed by atoms with E-state index in [4.69, 9.17) is 9.84 Å². The molecule has 0 radical (unpaired) electrons. The van der Waals surface area contributed by atoms with Gasteiger partial charge in [-0.25, -0.2) is 14.8 Å². The van der Waals surface area contributed by atoms with Crippen molar-refractivity contribution in [3.63, 3.8) is 0 Å². The van der Waals surface area contributed by atoms with Crippen LogP contribution < -0.4 is 4.74 Å². The van der Waals surface area contributed by atoms with Crippen molar-refractivity contribution in [3.05, 3.63) is 29.7 Å². The van der Waals surface area contributed by atoms with Crippen molar-refractivity contribution in [2.45, 2.75) is 13.3 Å². The van der Waals surface area contributed by atoms with Crippen LogP contribution in [0.2, 0.25) is 0 Å². The van der Waals surface area contributed by atoms with Crippen LogP contribution in [-0.2, 0) is 6.42 Å². The molecule has 0 bridgehead atoms. The molecule has 0 aliphatic heterocycles. The number of carboxylic acids is 1. The number of aromatic carboxylic acids is 1. The van der Waals surface area contributed by atoms with Crippen molar-refractivity contribution in [2.24, 2.45) is 0 Å². The Bertz CT molecular complexity index is 581. The average molecular weight is 232 g/mol. The van der Waals surface area contributed by atoms with E-state index in [0.717, 1.165) is 5.39 Å². The zero-order valence-electron chi connectivity index (χ0n) is 9.60. The number of methoxy groups -OCH3 is 1. The third-order valence-electron chi connectivity index (χ3n) is 2.51. The van der Waals surface area contributed by atoms with E-state index < -0.39 is 5.97 Å². The minimum Gasteiger partial charge on any atom is -0.497 e. The van der Waals surface area contributed by atoms with Crippen molar-refractivity contribution in [1.82, 2.24) is 9.97 Å². The topological polar surface area (TPSA) is 72.3 Å². The van der Waals surface area contributed by atoms with Gasteiger partial charge in [-0.05, 0) is 24.6 Å². The Kier molecular flexibility index (Phi) is 2.91. The van der Waals surface area contributed by atoms with Crippen LogP contribution in [0.4, 0.5) is 0 Å². The number of ether oxygens (including phenoxy) is 1. The number of rotatable bonds is 3. The fourth-order valence-corrected chi connectivity index (χ4v) is 1.66. The molecule has 1 aromatic heterocycles. The molecule has 0 atom stereocenters. The second-order valence-electron chi connectivity index (χ2n) is 3.54. The van der Waals surface area contributed by atoms with E-state index in [-0.39, 0.29) is 5.82 Å². The predicted molar refractivity (Wildman–Crippen MR) is 62.4 cm³/mol. The fourth-order valence-electron chi connectivity index (χ4n) is 1.66. The summed E-state index contributed by atoms with van der Waals surface area (Å²) in [6.45, 7) is 1.92. The first-order valence-corrected chi connectivity index (χ1v) is 5.23. The van der Waals surface area contributed by atoms with Gasteiger partial charge in [-0.15, -0.1) is 0 Å². The van der Waals surface area contributed by atoms with Gasteiger partial charge in [0.05, 0.1) is 18.3 Å². The van der Waals surface area contributed by atoms with Crippen LogP contribution in [-0.4, -0.2) is 28.2 Å². The Hall–Kier alpha value is -2.17. The Morgan fingerprint density at radius 3 is 2.76 bits per heavy atom. The number of nitrogens with zero attached hydrogens (tertiary/aromatic N) is 2. The molecule has 0 aliphatic rings. The molecule has 1 heterocycles. The van der Waals surface area contributed by atoms with Gasteiger partial charge in [0.1, 0.15) is 5.75 Å². The second kappa shape index (κ2) is 4.37. The molecule has 1 N–H and O–H groups in total. The molecule has 0 amide bonds. The molecular weight excluding hydrogens is 220 g/mol. The summed E-state index contributed by atoms with van der Waals surface area (Å²) in [5.41, 5.74) is 1.33. The van der Waals surface area contributed by atoms with E-state index >= 15 is 0 Å². The second-order valence-corrected chi connectivity index (χ2v) is 3.54. The Balaban J connectivity index is 2.72. The summed E-state index contributed by atoms with van der Waals surface area (Å²) < 4.78 is 5.13. The maximum absolute atomic E-state index is 10.9. The maximum atomic E-state index is 10.9. The number of carbonyl (C=O) groups is 1. The van der Waals surface area contributed by atoms with Crippen LogP contribution in [0, 0.1) is 0 Å². The van der Waals surface area contributed by atoms with Crippen LogP contribution >= 0.6 is 0 Å². The third kappa shape index (κ3) is 2.04. The van der Waals surface area contributed by atoms with Gasteiger partial charge in [-0.2, -0.15) is 0 Å². The summed E-state index contributed by atoms with van der Waals surface area (Å²) in [6, 6.07) is 5.31. The smallest absolute Gasteiger partial charge is 0.373 e. The number of aromatic nitrogens is 2. The van der Waals surface area contributed by atoms with Gasteiger partial charge >= 0.3 is 5.97 Å². The van der Waals surface area contributed by atoms with Crippen LogP contribution in [0.3, 0.4) is 0 Å². The molecular formula is C12H12N2O3. The first-order chi connectivity index (χ1) is 8.15. The standard InChI is InChI=1S/C12H12N2O3/c1-3-9-8-6-7(17-2)4-5-10(8)14-11(13-9)12(15)16/h4-6H,3H2,1-2H3,(H,15,16). The Morgan fingerprint density at radius 2 is 2.18 bits per heavy atom. The van der Waals surface area contributed by atoms with E-state index in [9.17, 15) is 4.79 Å². The molecule has 1 aromatic carbocycles. The average Bonchev–Trinajstić information content (AvgIpc) is 2.36. The van der Waals surface area contributed by atoms with Gasteiger partial charge in [0, 0.05) is 5.39 Å². The number of hydrogen-bond acceptors (Lipinski definition) is 4. The normalized spacial score (nSPS) is 10.5. The van der Waals surface area contributed by atoms with Gasteiger partial charge < -0.3 is 9.84 Å². The van der Waals surface area contributed by atoms with Crippen molar-refractivity contribution >= 4 is 16.9 Å². The molecule has 17 heavy (non-hydrogen) atoms. The lowest BCUT2D eigenvalue weighted by Gasteiger charge is -2.06. The lowest BCUT2D eigenvalue weighted by Crippen LogP contribution is -2.07. The van der Waals surface area contributed by atoms with E-state index in [0.29, 0.717) is 23.4 Å². The molecule has 2 aromatic rings. The molecule has 0 unspecified atom stereocenters. The zero-order valence-corrected chi connectivity index (χ0v) is 9.60. The minimum atomic E-state index is -1.11. The molecule has 88 valence electrons. The highest BCUT2D eigenvalue weighted by molar-refractivity contribution is 5.89. The van der Waals surface area contributed by atoms with Crippen molar-refractivity contribution in [3.8, 4) is 5.75 Å². The molecule has 0 aliphatic carbocycles. The van der Waals surface area contributed by atoms with E-state index in [2.05, 4.69) is 9.97 Å².